The van der Waals surface area contributed by atoms with Crippen LogP contribution in [-0.4, -0.2) is 35.7 Å². The largest absolute Gasteiger partial charge is 0.493 e. The molecule has 7 nitrogen and oxygen atoms in total. The summed E-state index contributed by atoms with van der Waals surface area (Å²) in [5.41, 5.74) is 3.11. The first-order valence-corrected chi connectivity index (χ1v) is 13.2. The number of hydrogen-bond acceptors (Lipinski definition) is 6. The molecule has 3 aromatic carbocycles. The fourth-order valence-corrected chi connectivity index (χ4v) is 4.97. The van der Waals surface area contributed by atoms with Crippen molar-refractivity contribution in [3.8, 4) is 11.5 Å². The molecule has 0 atom stereocenters. The molecule has 0 aromatic heterocycles. The first-order chi connectivity index (χ1) is 18.3. The summed E-state index contributed by atoms with van der Waals surface area (Å²) in [6.07, 6.45) is 2.52. The number of methoxy groups -OCH3 is 1. The molecule has 1 N–H and O–H groups in total. The molecule has 196 valence electrons. The van der Waals surface area contributed by atoms with Gasteiger partial charge in [0.2, 0.25) is 0 Å². The molecule has 0 radical (unpaired) electrons. The lowest BCUT2D eigenvalue weighted by atomic mass is 10.1. The number of amides is 3. The Morgan fingerprint density at radius 2 is 1.79 bits per heavy atom. The van der Waals surface area contributed by atoms with Crippen molar-refractivity contribution >= 4 is 63.8 Å². The number of halogens is 2. The highest BCUT2D eigenvalue weighted by molar-refractivity contribution is 8.18. The average molecular weight is 571 g/mol. The van der Waals surface area contributed by atoms with Gasteiger partial charge in [0.25, 0.3) is 17.1 Å². The van der Waals surface area contributed by atoms with E-state index in [-0.39, 0.29) is 24.0 Å². The third-order valence-electron chi connectivity index (χ3n) is 5.71. The number of nitrogens with one attached hydrogen (secondary N) is 1. The van der Waals surface area contributed by atoms with Gasteiger partial charge in [-0.3, -0.25) is 19.3 Å². The molecule has 38 heavy (non-hydrogen) atoms. The van der Waals surface area contributed by atoms with Crippen LogP contribution in [-0.2, 0) is 22.6 Å². The van der Waals surface area contributed by atoms with Gasteiger partial charge in [0.05, 0.1) is 18.6 Å². The van der Waals surface area contributed by atoms with Crippen molar-refractivity contribution in [3.63, 3.8) is 0 Å². The van der Waals surface area contributed by atoms with Gasteiger partial charge < -0.3 is 14.8 Å². The van der Waals surface area contributed by atoms with Crippen LogP contribution in [0.5, 0.6) is 11.5 Å². The van der Waals surface area contributed by atoms with Gasteiger partial charge in [-0.05, 0) is 77.3 Å². The number of imide groups is 1. The second-order valence-corrected chi connectivity index (χ2v) is 10.1. The molecule has 4 rings (SSSR count). The van der Waals surface area contributed by atoms with Crippen LogP contribution < -0.4 is 14.8 Å². The van der Waals surface area contributed by atoms with E-state index in [4.69, 9.17) is 32.7 Å². The van der Waals surface area contributed by atoms with Gasteiger partial charge in [0.15, 0.2) is 18.1 Å². The fraction of sp³-hybridized carbons (Fsp3) is 0.179. The van der Waals surface area contributed by atoms with E-state index in [0.29, 0.717) is 38.4 Å². The van der Waals surface area contributed by atoms with Crippen LogP contribution >= 0.6 is 35.0 Å². The maximum Gasteiger partial charge on any atom is 0.293 e. The van der Waals surface area contributed by atoms with Crippen molar-refractivity contribution < 1.29 is 23.9 Å². The number of thioether (sulfide) groups is 1. The van der Waals surface area contributed by atoms with E-state index in [2.05, 4.69) is 12.2 Å². The van der Waals surface area contributed by atoms with Crippen LogP contribution in [0.25, 0.3) is 6.08 Å². The first-order valence-electron chi connectivity index (χ1n) is 11.7. The van der Waals surface area contributed by atoms with E-state index < -0.39 is 11.1 Å². The second-order valence-electron chi connectivity index (χ2n) is 8.30. The van der Waals surface area contributed by atoms with Gasteiger partial charge in [-0.15, -0.1) is 0 Å². The Labute approximate surface area is 234 Å². The molecule has 0 saturated carbocycles. The van der Waals surface area contributed by atoms with Crippen LogP contribution in [0.15, 0.2) is 65.6 Å². The molecule has 1 aliphatic rings. The molecule has 1 fully saturated rings. The van der Waals surface area contributed by atoms with E-state index in [0.717, 1.165) is 23.1 Å². The van der Waals surface area contributed by atoms with Crippen molar-refractivity contribution in [1.29, 1.82) is 0 Å². The lowest BCUT2D eigenvalue weighted by Crippen LogP contribution is -2.27. The number of aryl methyl sites for hydroxylation is 1. The predicted molar refractivity (Wildman–Crippen MR) is 151 cm³/mol. The van der Waals surface area contributed by atoms with Crippen LogP contribution in [0.3, 0.4) is 0 Å². The topological polar surface area (TPSA) is 84.9 Å². The lowest BCUT2D eigenvalue weighted by molar-refractivity contribution is -0.123. The Morgan fingerprint density at radius 3 is 2.47 bits per heavy atom. The number of ether oxygens (including phenoxy) is 2. The zero-order valence-corrected chi connectivity index (χ0v) is 23.0. The maximum absolute atomic E-state index is 12.9. The quantitative estimate of drug-likeness (QED) is 0.284. The molecular weight excluding hydrogens is 547 g/mol. The van der Waals surface area contributed by atoms with E-state index in [1.807, 2.05) is 24.3 Å². The minimum atomic E-state index is -0.422. The molecule has 10 heteroatoms. The van der Waals surface area contributed by atoms with Crippen LogP contribution in [0, 0.1) is 0 Å². The molecule has 0 aliphatic carbocycles. The highest BCUT2D eigenvalue weighted by Crippen LogP contribution is 2.36. The summed E-state index contributed by atoms with van der Waals surface area (Å²) in [5.74, 6) is 0.0152. The molecule has 1 heterocycles. The summed E-state index contributed by atoms with van der Waals surface area (Å²) in [6.45, 7) is 1.89. The number of carbonyl (C=O) groups is 3. The summed E-state index contributed by atoms with van der Waals surface area (Å²) in [5, 5.41) is 3.24. The van der Waals surface area contributed by atoms with Gasteiger partial charge in [0, 0.05) is 15.7 Å². The standard InChI is InChI=1S/C28H24Cl2N2O5S/c1-3-17-4-9-21(10-5-17)31-26(33)16-37-23-11-6-18(12-24(23)36-2)13-25-27(34)32(28(35)38-25)15-19-7-8-20(29)14-22(19)30/h4-14H,3,15-16H2,1-2H3,(H,31,33)/b25-13-. The minimum absolute atomic E-state index is 0.0406. The van der Waals surface area contributed by atoms with Gasteiger partial charge in [0.1, 0.15) is 0 Å². The van der Waals surface area contributed by atoms with Crippen molar-refractivity contribution in [3.05, 3.63) is 92.3 Å². The number of nitrogens with zero attached hydrogens (tertiary/aromatic N) is 1. The Hall–Kier alpha value is -3.46. The number of anilines is 1. The minimum Gasteiger partial charge on any atom is -0.493 e. The van der Waals surface area contributed by atoms with Gasteiger partial charge in [-0.1, -0.05) is 54.4 Å². The number of carbonyl (C=O) groups excluding carboxylic acids is 3. The third kappa shape index (κ3) is 6.69. The molecule has 1 aliphatic heterocycles. The van der Waals surface area contributed by atoms with Crippen molar-refractivity contribution in [2.24, 2.45) is 0 Å². The average Bonchev–Trinajstić information content (AvgIpc) is 3.16. The smallest absolute Gasteiger partial charge is 0.293 e. The van der Waals surface area contributed by atoms with E-state index in [1.54, 1.807) is 42.5 Å². The molecule has 1 saturated heterocycles. The third-order valence-corrected chi connectivity index (χ3v) is 7.20. The number of rotatable bonds is 9. The zero-order chi connectivity index (χ0) is 27.2. The number of hydrogen-bond donors (Lipinski definition) is 1. The Bertz CT molecular complexity index is 1410. The van der Waals surface area contributed by atoms with Crippen LogP contribution in [0.1, 0.15) is 23.6 Å². The SMILES string of the molecule is CCc1ccc(NC(=O)COc2ccc(/C=C3\SC(=O)N(Cc4ccc(Cl)cc4Cl)C3=O)cc2OC)cc1. The van der Waals surface area contributed by atoms with E-state index in [1.165, 1.54) is 12.7 Å². The zero-order valence-electron chi connectivity index (χ0n) is 20.6. The fourth-order valence-electron chi connectivity index (χ4n) is 3.67. The lowest BCUT2D eigenvalue weighted by Gasteiger charge is -2.14. The molecule has 0 spiro atoms. The first kappa shape index (κ1) is 27.6. The molecule has 0 bridgehead atoms. The molecule has 0 unspecified atom stereocenters. The second kappa shape index (κ2) is 12.4. The van der Waals surface area contributed by atoms with Crippen molar-refractivity contribution in [2.75, 3.05) is 19.0 Å². The van der Waals surface area contributed by atoms with E-state index >= 15 is 0 Å². The highest BCUT2D eigenvalue weighted by atomic mass is 35.5. The van der Waals surface area contributed by atoms with Gasteiger partial charge in [-0.2, -0.15) is 0 Å². The summed E-state index contributed by atoms with van der Waals surface area (Å²) >= 11 is 13.0. The molecular formula is C28H24Cl2N2O5S. The Balaban J connectivity index is 1.41. The van der Waals surface area contributed by atoms with E-state index in [9.17, 15) is 14.4 Å². The summed E-state index contributed by atoms with van der Waals surface area (Å²) < 4.78 is 11.1. The monoisotopic (exact) mass is 570 g/mol. The Kier molecular flexibility index (Phi) is 8.99. The summed E-state index contributed by atoms with van der Waals surface area (Å²) in [7, 11) is 1.48. The molecule has 3 amide bonds. The Morgan fingerprint density at radius 1 is 1.03 bits per heavy atom. The maximum atomic E-state index is 12.9. The predicted octanol–water partition coefficient (Wildman–Crippen LogP) is 6.82. The highest BCUT2D eigenvalue weighted by Gasteiger charge is 2.35. The van der Waals surface area contributed by atoms with Crippen LogP contribution in [0.4, 0.5) is 10.5 Å². The van der Waals surface area contributed by atoms with Crippen molar-refractivity contribution in [1.82, 2.24) is 4.90 Å². The molecule has 3 aromatic rings. The number of benzene rings is 3. The van der Waals surface area contributed by atoms with Crippen molar-refractivity contribution in [2.45, 2.75) is 19.9 Å². The van der Waals surface area contributed by atoms with Crippen LogP contribution in [0.2, 0.25) is 10.0 Å². The van der Waals surface area contributed by atoms with Gasteiger partial charge >= 0.3 is 0 Å². The normalized spacial score (nSPS) is 14.2. The summed E-state index contributed by atoms with van der Waals surface area (Å²) in [4.78, 5) is 39.2. The summed E-state index contributed by atoms with van der Waals surface area (Å²) in [6, 6.07) is 17.5. The van der Waals surface area contributed by atoms with Gasteiger partial charge in [-0.25, -0.2) is 0 Å².